The zero-order chi connectivity index (χ0) is 18.5. The van der Waals surface area contributed by atoms with Crippen LogP contribution in [0.2, 0.25) is 0 Å². The maximum absolute atomic E-state index is 13.5. The fourth-order valence-electron chi connectivity index (χ4n) is 4.21. The zero-order valence-electron chi connectivity index (χ0n) is 15.1. The summed E-state index contributed by atoms with van der Waals surface area (Å²) in [6.45, 7) is 4.38. The van der Waals surface area contributed by atoms with Crippen molar-refractivity contribution in [1.82, 2.24) is 0 Å². The van der Waals surface area contributed by atoms with Crippen molar-refractivity contribution in [2.45, 2.75) is 31.7 Å². The van der Waals surface area contributed by atoms with E-state index in [2.05, 4.69) is 10.2 Å². The van der Waals surface area contributed by atoms with E-state index in [0.29, 0.717) is 18.5 Å². The van der Waals surface area contributed by atoms with Gasteiger partial charge in [-0.25, -0.2) is 4.79 Å². The van der Waals surface area contributed by atoms with E-state index in [9.17, 15) is 9.59 Å². The molecule has 2 atom stereocenters. The molecule has 0 bridgehead atoms. The van der Waals surface area contributed by atoms with Crippen molar-refractivity contribution in [2.24, 2.45) is 10.2 Å². The monoisotopic (exact) mass is 348 g/mol. The average molecular weight is 348 g/mol. The van der Waals surface area contributed by atoms with Gasteiger partial charge < -0.3 is 4.74 Å². The zero-order valence-corrected chi connectivity index (χ0v) is 15.1. The molecule has 132 valence electrons. The lowest BCUT2D eigenvalue weighted by Gasteiger charge is -2.27. The summed E-state index contributed by atoms with van der Waals surface area (Å²) in [5.74, 6) is -0.658. The number of hydrogen-bond acceptors (Lipinski definition) is 5. The molecule has 0 aromatic heterocycles. The highest BCUT2D eigenvalue weighted by Gasteiger charge is 2.55. The summed E-state index contributed by atoms with van der Waals surface area (Å²) < 4.78 is 4.93. The van der Waals surface area contributed by atoms with Gasteiger partial charge in [-0.15, -0.1) is 0 Å². The molecule has 0 fully saturated rings. The smallest absolute Gasteiger partial charge is 0.338 e. The van der Waals surface area contributed by atoms with Crippen LogP contribution in [0.5, 0.6) is 0 Å². The molecule has 5 heteroatoms. The summed E-state index contributed by atoms with van der Waals surface area (Å²) in [5.41, 5.74) is 4.18. The molecule has 5 nitrogen and oxygen atoms in total. The second kappa shape index (κ2) is 5.87. The molecule has 26 heavy (non-hydrogen) atoms. The molecule has 1 aliphatic carbocycles. The average Bonchev–Trinajstić information content (AvgIpc) is 3.20. The van der Waals surface area contributed by atoms with Gasteiger partial charge in [-0.1, -0.05) is 30.3 Å². The van der Waals surface area contributed by atoms with Crippen LogP contribution in [0.1, 0.15) is 48.9 Å². The number of carbonyl (C=O) groups excluding carboxylic acids is 2. The first-order chi connectivity index (χ1) is 12.5. The lowest BCUT2D eigenvalue weighted by Crippen LogP contribution is -2.39. The fourth-order valence-corrected chi connectivity index (χ4v) is 4.21. The van der Waals surface area contributed by atoms with Crippen molar-refractivity contribution in [2.75, 3.05) is 13.7 Å². The minimum atomic E-state index is -0.953. The molecular weight excluding hydrogens is 328 g/mol. The normalized spacial score (nSPS) is 23.5. The number of methoxy groups -OCH3 is 1. The van der Waals surface area contributed by atoms with Gasteiger partial charge in [-0.3, -0.25) is 4.79 Å². The number of rotatable bonds is 2. The van der Waals surface area contributed by atoms with Gasteiger partial charge in [0.05, 0.1) is 19.2 Å². The molecule has 0 saturated heterocycles. The minimum Gasteiger partial charge on any atom is -0.465 e. The number of Topliss-reactive ketones (excluding diaryl/α,β-unsaturated/α-hetero) is 1. The van der Waals surface area contributed by atoms with Crippen LogP contribution in [0, 0.1) is 13.8 Å². The third-order valence-electron chi connectivity index (χ3n) is 5.73. The number of benzene rings is 2. The van der Waals surface area contributed by atoms with Crippen LogP contribution < -0.4 is 0 Å². The Morgan fingerprint density at radius 3 is 2.73 bits per heavy atom. The van der Waals surface area contributed by atoms with Gasteiger partial charge in [0.2, 0.25) is 0 Å². The van der Waals surface area contributed by atoms with Gasteiger partial charge in [0.1, 0.15) is 0 Å². The summed E-state index contributed by atoms with van der Waals surface area (Å²) in [6.07, 6.45) is 0.520. The molecule has 0 N–H and O–H groups in total. The van der Waals surface area contributed by atoms with E-state index in [1.165, 1.54) is 7.11 Å². The molecule has 2 aliphatic rings. The number of ketones is 1. The van der Waals surface area contributed by atoms with Gasteiger partial charge in [-0.2, -0.15) is 10.2 Å². The molecule has 1 spiro atoms. The Balaban J connectivity index is 1.84. The molecule has 0 unspecified atom stereocenters. The fraction of sp³-hybridized carbons (Fsp3) is 0.333. The topological polar surface area (TPSA) is 68.1 Å². The number of ether oxygens (including phenoxy) is 1. The van der Waals surface area contributed by atoms with Gasteiger partial charge in [0.15, 0.2) is 11.3 Å². The van der Waals surface area contributed by atoms with E-state index in [1.807, 2.05) is 38.1 Å². The lowest BCUT2D eigenvalue weighted by molar-refractivity contribution is 0.0597. The molecule has 0 amide bonds. The van der Waals surface area contributed by atoms with Crippen LogP contribution in [0.4, 0.5) is 0 Å². The third-order valence-corrected chi connectivity index (χ3v) is 5.73. The quantitative estimate of drug-likeness (QED) is 0.775. The third kappa shape index (κ3) is 2.16. The Bertz CT molecular complexity index is 964. The van der Waals surface area contributed by atoms with Crippen molar-refractivity contribution in [3.8, 4) is 0 Å². The standard InChI is InChI=1S/C21H20N2O3/c1-12-8-9-14-10-21(19(24)18(14)13(12)2)17(11-22-23-21)15-6-4-5-7-16(15)20(25)26-3/h4-9,17H,10-11H2,1-3H3/t17-,21-/m1/s1. The number of aryl methyl sites for hydroxylation is 1. The molecule has 1 aliphatic heterocycles. The SMILES string of the molecule is COC(=O)c1ccccc1[C@H]1CN=N[C@]12Cc1ccc(C)c(C)c1C2=O. The maximum atomic E-state index is 13.5. The number of azo groups is 1. The van der Waals surface area contributed by atoms with E-state index >= 15 is 0 Å². The Hall–Kier alpha value is -2.82. The van der Waals surface area contributed by atoms with Gasteiger partial charge in [-0.05, 0) is 42.2 Å². The highest BCUT2D eigenvalue weighted by atomic mass is 16.5. The van der Waals surface area contributed by atoms with E-state index < -0.39 is 11.5 Å². The van der Waals surface area contributed by atoms with E-state index in [4.69, 9.17) is 4.74 Å². The minimum absolute atomic E-state index is 0.0135. The van der Waals surface area contributed by atoms with Crippen molar-refractivity contribution in [3.05, 3.63) is 69.8 Å². The Morgan fingerprint density at radius 2 is 1.96 bits per heavy atom. The van der Waals surface area contributed by atoms with E-state index in [-0.39, 0.29) is 11.7 Å². The van der Waals surface area contributed by atoms with Crippen molar-refractivity contribution in [1.29, 1.82) is 0 Å². The predicted molar refractivity (Wildman–Crippen MR) is 96.9 cm³/mol. The Morgan fingerprint density at radius 1 is 1.19 bits per heavy atom. The molecule has 0 radical (unpaired) electrons. The highest BCUT2D eigenvalue weighted by Crippen LogP contribution is 2.48. The highest BCUT2D eigenvalue weighted by molar-refractivity contribution is 6.10. The van der Waals surface area contributed by atoms with Gasteiger partial charge >= 0.3 is 5.97 Å². The maximum Gasteiger partial charge on any atom is 0.338 e. The first kappa shape index (κ1) is 16.6. The summed E-state index contributed by atoms with van der Waals surface area (Å²) in [5, 5.41) is 8.68. The second-order valence-corrected chi connectivity index (χ2v) is 7.03. The summed E-state index contributed by atoms with van der Waals surface area (Å²) in [7, 11) is 1.36. The number of nitrogens with zero attached hydrogens (tertiary/aromatic N) is 2. The molecule has 4 rings (SSSR count). The van der Waals surface area contributed by atoms with Crippen LogP contribution in [-0.2, 0) is 11.2 Å². The van der Waals surface area contributed by atoms with Crippen molar-refractivity contribution in [3.63, 3.8) is 0 Å². The first-order valence-corrected chi connectivity index (χ1v) is 8.69. The van der Waals surface area contributed by atoms with E-state index in [1.54, 1.807) is 12.1 Å². The van der Waals surface area contributed by atoms with Crippen LogP contribution in [0.15, 0.2) is 46.6 Å². The van der Waals surface area contributed by atoms with Crippen LogP contribution in [0.3, 0.4) is 0 Å². The summed E-state index contributed by atoms with van der Waals surface area (Å²) >= 11 is 0. The Kier molecular flexibility index (Phi) is 3.75. The number of esters is 1. The molecular formula is C21H20N2O3. The molecule has 0 saturated carbocycles. The van der Waals surface area contributed by atoms with E-state index in [0.717, 1.165) is 27.8 Å². The van der Waals surface area contributed by atoms with Crippen LogP contribution in [-0.4, -0.2) is 30.9 Å². The number of fused-ring (bicyclic) bond motifs is 1. The van der Waals surface area contributed by atoms with Crippen LogP contribution >= 0.6 is 0 Å². The largest absolute Gasteiger partial charge is 0.465 e. The molecule has 2 aromatic carbocycles. The van der Waals surface area contributed by atoms with Gasteiger partial charge in [0, 0.05) is 17.9 Å². The number of hydrogen-bond donors (Lipinski definition) is 0. The second-order valence-electron chi connectivity index (χ2n) is 7.03. The molecule has 1 heterocycles. The van der Waals surface area contributed by atoms with Crippen molar-refractivity contribution >= 4 is 11.8 Å². The lowest BCUT2D eigenvalue weighted by atomic mass is 9.76. The summed E-state index contributed by atoms with van der Waals surface area (Å²) in [4.78, 5) is 25.7. The van der Waals surface area contributed by atoms with Crippen LogP contribution in [0.25, 0.3) is 0 Å². The summed E-state index contributed by atoms with van der Waals surface area (Å²) in [6, 6.07) is 11.3. The first-order valence-electron chi connectivity index (χ1n) is 8.69. The number of carbonyl (C=O) groups is 2. The molecule has 2 aromatic rings. The van der Waals surface area contributed by atoms with Crippen molar-refractivity contribution < 1.29 is 14.3 Å². The van der Waals surface area contributed by atoms with Gasteiger partial charge in [0.25, 0.3) is 0 Å². The predicted octanol–water partition coefficient (Wildman–Crippen LogP) is 3.82. The Labute approximate surface area is 152 Å².